The van der Waals surface area contributed by atoms with Crippen LogP contribution < -0.4 is 0 Å². The molecule has 18 heavy (non-hydrogen) atoms. The molecule has 1 aromatic carbocycles. The predicted molar refractivity (Wildman–Crippen MR) is 65.5 cm³/mol. The number of amides is 1. The molecule has 0 saturated carbocycles. The van der Waals surface area contributed by atoms with Gasteiger partial charge in [-0.15, -0.1) is 0 Å². The highest BCUT2D eigenvalue weighted by Gasteiger charge is 2.37. The van der Waals surface area contributed by atoms with Crippen molar-refractivity contribution in [2.24, 2.45) is 11.8 Å². The second-order valence-corrected chi connectivity index (χ2v) is 5.14. The lowest BCUT2D eigenvalue weighted by Gasteiger charge is -2.17. The lowest BCUT2D eigenvalue weighted by molar-refractivity contribution is 0.0779. The summed E-state index contributed by atoms with van der Waals surface area (Å²) in [6, 6.07) is 5.37. The molecule has 2 nitrogen and oxygen atoms in total. The molecule has 2 atom stereocenters. The van der Waals surface area contributed by atoms with Crippen molar-refractivity contribution in [3.63, 3.8) is 0 Å². The molecule has 1 amide bonds. The number of carbonyl (C=O) groups excluding carboxylic acids is 1. The zero-order valence-electron chi connectivity index (χ0n) is 10.6. The number of nitrogens with zero attached hydrogens (tertiary/aromatic N) is 1. The summed E-state index contributed by atoms with van der Waals surface area (Å²) in [6.07, 6.45) is -0.964. The fraction of sp³-hybridized carbons (Fsp3) is 0.500. The first-order chi connectivity index (χ1) is 8.49. The van der Waals surface area contributed by atoms with Crippen molar-refractivity contribution >= 4 is 5.91 Å². The molecule has 1 fully saturated rings. The molecule has 1 aliphatic rings. The van der Waals surface area contributed by atoms with Crippen LogP contribution >= 0.6 is 0 Å². The van der Waals surface area contributed by atoms with E-state index in [4.69, 9.17) is 0 Å². The average molecular weight is 253 g/mol. The lowest BCUT2D eigenvalue weighted by atomic mass is 9.94. The minimum absolute atomic E-state index is 0.102. The number of alkyl halides is 1. The second kappa shape index (κ2) is 5.04. The summed E-state index contributed by atoms with van der Waals surface area (Å²) in [4.78, 5) is 13.6. The smallest absolute Gasteiger partial charge is 0.253 e. The Morgan fingerprint density at radius 2 is 1.89 bits per heavy atom. The number of rotatable bonds is 2. The Morgan fingerprint density at radius 3 is 2.39 bits per heavy atom. The maximum atomic E-state index is 13.8. The standard InChI is InChI=1S/C14H17F2NO/c1-9(2)12-7-17(8-13(12)16)14(18)10-3-5-11(15)6-4-10/h3-6,9,12-13H,7-8H2,1-2H3/t12-,13-/m0/s1. The highest BCUT2D eigenvalue weighted by molar-refractivity contribution is 5.94. The van der Waals surface area contributed by atoms with E-state index in [0.29, 0.717) is 12.1 Å². The minimum Gasteiger partial charge on any atom is -0.335 e. The number of likely N-dealkylation sites (tertiary alicyclic amines) is 1. The molecule has 1 saturated heterocycles. The van der Waals surface area contributed by atoms with E-state index in [0.717, 1.165) is 0 Å². The normalized spacial score (nSPS) is 23.7. The first-order valence-corrected chi connectivity index (χ1v) is 6.18. The van der Waals surface area contributed by atoms with E-state index < -0.39 is 6.17 Å². The highest BCUT2D eigenvalue weighted by atomic mass is 19.1. The van der Waals surface area contributed by atoms with Crippen LogP contribution in [0.1, 0.15) is 24.2 Å². The van der Waals surface area contributed by atoms with E-state index in [1.54, 1.807) is 0 Å². The molecule has 1 aromatic rings. The average Bonchev–Trinajstić information content (AvgIpc) is 2.71. The number of benzene rings is 1. The summed E-state index contributed by atoms with van der Waals surface area (Å²) in [7, 11) is 0. The summed E-state index contributed by atoms with van der Waals surface area (Å²) in [5.74, 6) is -0.488. The maximum Gasteiger partial charge on any atom is 0.253 e. The predicted octanol–water partition coefficient (Wildman–Crippen LogP) is 2.89. The van der Waals surface area contributed by atoms with Crippen LogP contribution in [0.15, 0.2) is 24.3 Å². The Morgan fingerprint density at radius 1 is 1.28 bits per heavy atom. The summed E-state index contributed by atoms with van der Waals surface area (Å²) in [5, 5.41) is 0. The van der Waals surface area contributed by atoms with Gasteiger partial charge in [-0.1, -0.05) is 13.8 Å². The third-order valence-electron chi connectivity index (χ3n) is 3.53. The van der Waals surface area contributed by atoms with Gasteiger partial charge in [-0.2, -0.15) is 0 Å². The first kappa shape index (κ1) is 13.0. The van der Waals surface area contributed by atoms with Crippen LogP contribution in [0.5, 0.6) is 0 Å². The number of hydrogen-bond acceptors (Lipinski definition) is 1. The van der Waals surface area contributed by atoms with Gasteiger partial charge in [-0.25, -0.2) is 8.78 Å². The summed E-state index contributed by atoms with van der Waals surface area (Å²) >= 11 is 0. The highest BCUT2D eigenvalue weighted by Crippen LogP contribution is 2.27. The van der Waals surface area contributed by atoms with Crippen LogP contribution in [0.25, 0.3) is 0 Å². The van der Waals surface area contributed by atoms with Gasteiger partial charge in [0.2, 0.25) is 0 Å². The molecule has 0 bridgehead atoms. The van der Waals surface area contributed by atoms with Crippen molar-refractivity contribution in [3.8, 4) is 0 Å². The van der Waals surface area contributed by atoms with Crippen molar-refractivity contribution < 1.29 is 13.6 Å². The second-order valence-electron chi connectivity index (χ2n) is 5.14. The van der Waals surface area contributed by atoms with E-state index >= 15 is 0 Å². The van der Waals surface area contributed by atoms with Gasteiger partial charge in [0.05, 0.1) is 6.54 Å². The monoisotopic (exact) mass is 253 g/mol. The van der Waals surface area contributed by atoms with E-state index in [9.17, 15) is 13.6 Å². The molecular weight excluding hydrogens is 236 g/mol. The molecule has 1 aliphatic heterocycles. The van der Waals surface area contributed by atoms with Crippen molar-refractivity contribution in [3.05, 3.63) is 35.6 Å². The van der Waals surface area contributed by atoms with Crippen molar-refractivity contribution in [1.29, 1.82) is 0 Å². The Labute approximate surface area is 106 Å². The fourth-order valence-corrected chi connectivity index (χ4v) is 2.36. The number of hydrogen-bond donors (Lipinski definition) is 0. The Hall–Kier alpha value is -1.45. The van der Waals surface area contributed by atoms with Crippen LogP contribution in [0.3, 0.4) is 0 Å². The summed E-state index contributed by atoms with van der Waals surface area (Å²) in [6.45, 7) is 4.50. The topological polar surface area (TPSA) is 20.3 Å². The fourth-order valence-electron chi connectivity index (χ4n) is 2.36. The van der Waals surface area contributed by atoms with Gasteiger partial charge in [0.25, 0.3) is 5.91 Å². The molecule has 0 aliphatic carbocycles. The SMILES string of the molecule is CC(C)[C@@H]1CN(C(=O)c2ccc(F)cc2)C[C@@H]1F. The molecule has 0 radical (unpaired) electrons. The van der Waals surface area contributed by atoms with E-state index in [-0.39, 0.29) is 30.1 Å². The van der Waals surface area contributed by atoms with E-state index in [2.05, 4.69) is 0 Å². The molecule has 1 heterocycles. The van der Waals surface area contributed by atoms with E-state index in [1.165, 1.54) is 29.2 Å². The van der Waals surface area contributed by atoms with Crippen molar-refractivity contribution in [2.75, 3.05) is 13.1 Å². The molecule has 0 N–H and O–H groups in total. The molecule has 4 heteroatoms. The third kappa shape index (κ3) is 2.52. The minimum atomic E-state index is -0.964. The van der Waals surface area contributed by atoms with Gasteiger partial charge >= 0.3 is 0 Å². The van der Waals surface area contributed by atoms with Crippen LogP contribution in [-0.2, 0) is 0 Å². The van der Waals surface area contributed by atoms with Gasteiger partial charge in [-0.3, -0.25) is 4.79 Å². The third-order valence-corrected chi connectivity index (χ3v) is 3.53. The lowest BCUT2D eigenvalue weighted by Crippen LogP contribution is -2.29. The summed E-state index contributed by atoms with van der Waals surface area (Å²) < 4.78 is 26.5. The Kier molecular flexibility index (Phi) is 3.64. The number of halogens is 2. The zero-order valence-corrected chi connectivity index (χ0v) is 10.6. The molecule has 0 unspecified atom stereocenters. The van der Waals surface area contributed by atoms with Crippen molar-refractivity contribution in [2.45, 2.75) is 20.0 Å². The first-order valence-electron chi connectivity index (χ1n) is 6.18. The number of carbonyl (C=O) groups is 1. The largest absolute Gasteiger partial charge is 0.335 e. The van der Waals surface area contributed by atoms with Gasteiger partial charge < -0.3 is 4.90 Å². The van der Waals surface area contributed by atoms with Gasteiger partial charge in [0.1, 0.15) is 12.0 Å². The van der Waals surface area contributed by atoms with Gasteiger partial charge in [0.15, 0.2) is 0 Å². The van der Waals surface area contributed by atoms with E-state index in [1.807, 2.05) is 13.8 Å². The van der Waals surface area contributed by atoms with Crippen LogP contribution in [0.4, 0.5) is 8.78 Å². The van der Waals surface area contributed by atoms with Gasteiger partial charge in [0, 0.05) is 18.0 Å². The van der Waals surface area contributed by atoms with Crippen LogP contribution in [0, 0.1) is 17.7 Å². The maximum absolute atomic E-state index is 13.8. The molecule has 0 spiro atoms. The molecule has 0 aromatic heterocycles. The molecule has 98 valence electrons. The Bertz CT molecular complexity index is 430. The van der Waals surface area contributed by atoms with Crippen LogP contribution in [0.2, 0.25) is 0 Å². The molecule has 2 rings (SSSR count). The van der Waals surface area contributed by atoms with Gasteiger partial charge in [-0.05, 0) is 30.2 Å². The quantitative estimate of drug-likeness (QED) is 0.793. The van der Waals surface area contributed by atoms with Crippen molar-refractivity contribution in [1.82, 2.24) is 4.90 Å². The summed E-state index contributed by atoms with van der Waals surface area (Å²) in [5.41, 5.74) is 0.410. The van der Waals surface area contributed by atoms with Crippen LogP contribution in [-0.4, -0.2) is 30.1 Å². The zero-order chi connectivity index (χ0) is 13.3. The Balaban J connectivity index is 2.09. The molecular formula is C14H17F2NO.